The summed E-state index contributed by atoms with van der Waals surface area (Å²) in [6.45, 7) is 2.04. The van der Waals surface area contributed by atoms with Gasteiger partial charge in [-0.3, -0.25) is 0 Å². The number of benzene rings is 1. The summed E-state index contributed by atoms with van der Waals surface area (Å²) < 4.78 is 31.5. The van der Waals surface area contributed by atoms with Crippen LogP contribution in [0.5, 0.6) is 5.75 Å². The van der Waals surface area contributed by atoms with Crippen LogP contribution in [-0.4, -0.2) is 47.6 Å². The van der Waals surface area contributed by atoms with E-state index in [4.69, 9.17) is 13.9 Å². The van der Waals surface area contributed by atoms with Gasteiger partial charge in [0.05, 0.1) is 37.5 Å². The van der Waals surface area contributed by atoms with Gasteiger partial charge in [0.15, 0.2) is 0 Å². The average molecular weight is 400 g/mol. The lowest BCUT2D eigenvalue weighted by atomic mass is 9.55. The summed E-state index contributed by atoms with van der Waals surface area (Å²) in [7, 11) is 0. The minimum Gasteiger partial charge on any atom is -0.488 e. The van der Waals surface area contributed by atoms with Crippen LogP contribution < -0.4 is 15.0 Å². The minimum absolute atomic E-state index is 0.114. The molecule has 1 aromatic heterocycles. The number of aromatic nitrogens is 2. The normalized spacial score (nSPS) is 26.8. The van der Waals surface area contributed by atoms with Gasteiger partial charge in [0.2, 0.25) is 6.39 Å². The third-order valence-corrected chi connectivity index (χ3v) is 7.12. The number of nitrogens with zero attached hydrogens (tertiary/aromatic N) is 3. The fourth-order valence-electron chi connectivity index (χ4n) is 5.44. The molecule has 2 saturated heterocycles. The highest BCUT2D eigenvalue weighted by Gasteiger charge is 2.52. The molecule has 8 heteroatoms. The van der Waals surface area contributed by atoms with Crippen LogP contribution in [0.4, 0.5) is 16.1 Å². The van der Waals surface area contributed by atoms with Crippen LogP contribution >= 0.6 is 0 Å². The molecule has 2 aromatic rings. The van der Waals surface area contributed by atoms with Gasteiger partial charge in [-0.05, 0) is 43.2 Å². The first kappa shape index (κ1) is 17.5. The average Bonchev–Trinajstić information content (AvgIpc) is 3.26. The standard InChI is InChI=1S/C21H25FN4O3/c22-14-2-3-18(29-16-8-20(9-16)4-1-5-20)17(6-14)24-15-7-21(28-10-15)11-26(12-21)19-25-23-13-27-19/h2-3,6,13,15-16,24H,1,4-5,7-12H2/t15-/m1/s1. The lowest BCUT2D eigenvalue weighted by molar-refractivity contribution is -0.0679. The third kappa shape index (κ3) is 3.04. The molecule has 4 aliphatic rings. The summed E-state index contributed by atoms with van der Waals surface area (Å²) >= 11 is 0. The van der Waals surface area contributed by atoms with Crippen molar-refractivity contribution in [3.8, 4) is 5.75 Å². The predicted molar refractivity (Wildman–Crippen MR) is 104 cm³/mol. The zero-order valence-corrected chi connectivity index (χ0v) is 16.3. The molecular weight excluding hydrogens is 375 g/mol. The molecule has 2 spiro atoms. The van der Waals surface area contributed by atoms with E-state index < -0.39 is 0 Å². The first-order valence-corrected chi connectivity index (χ1v) is 10.5. The van der Waals surface area contributed by atoms with Gasteiger partial charge in [-0.15, -0.1) is 5.10 Å². The second-order valence-corrected chi connectivity index (χ2v) is 9.26. The molecule has 0 amide bonds. The van der Waals surface area contributed by atoms with Crippen molar-refractivity contribution in [2.24, 2.45) is 5.41 Å². The molecular formula is C21H25FN4O3. The van der Waals surface area contributed by atoms with E-state index in [1.54, 1.807) is 6.07 Å². The quantitative estimate of drug-likeness (QED) is 0.825. The zero-order valence-electron chi connectivity index (χ0n) is 16.3. The van der Waals surface area contributed by atoms with Crippen molar-refractivity contribution in [2.75, 3.05) is 29.9 Å². The molecule has 7 nitrogen and oxygen atoms in total. The van der Waals surface area contributed by atoms with Gasteiger partial charge in [0.1, 0.15) is 17.2 Å². The maximum Gasteiger partial charge on any atom is 0.318 e. The fourth-order valence-corrected chi connectivity index (χ4v) is 5.44. The molecule has 3 heterocycles. The van der Waals surface area contributed by atoms with E-state index in [2.05, 4.69) is 15.5 Å². The maximum absolute atomic E-state index is 13.9. The van der Waals surface area contributed by atoms with Crippen LogP contribution in [0.25, 0.3) is 0 Å². The Balaban J connectivity index is 1.09. The van der Waals surface area contributed by atoms with Gasteiger partial charge >= 0.3 is 6.01 Å². The van der Waals surface area contributed by atoms with Crippen molar-refractivity contribution in [2.45, 2.75) is 56.3 Å². The molecule has 1 aromatic carbocycles. The molecule has 2 aliphatic carbocycles. The highest BCUT2D eigenvalue weighted by atomic mass is 19.1. The van der Waals surface area contributed by atoms with Crippen molar-refractivity contribution >= 4 is 11.7 Å². The number of nitrogens with one attached hydrogen (secondary N) is 1. The smallest absolute Gasteiger partial charge is 0.318 e. The van der Waals surface area contributed by atoms with Crippen LogP contribution in [0.2, 0.25) is 0 Å². The van der Waals surface area contributed by atoms with Crippen LogP contribution in [-0.2, 0) is 4.74 Å². The first-order chi connectivity index (χ1) is 14.1. The minimum atomic E-state index is -0.260. The van der Waals surface area contributed by atoms with Crippen LogP contribution in [0.15, 0.2) is 29.0 Å². The molecule has 0 unspecified atom stereocenters. The number of anilines is 2. The Hall–Kier alpha value is -2.35. The van der Waals surface area contributed by atoms with Gasteiger partial charge in [-0.2, -0.15) is 0 Å². The number of hydrogen-bond donors (Lipinski definition) is 1. The van der Waals surface area contributed by atoms with Crippen molar-refractivity contribution in [1.29, 1.82) is 0 Å². The van der Waals surface area contributed by atoms with E-state index in [0.717, 1.165) is 43.8 Å². The van der Waals surface area contributed by atoms with Crippen molar-refractivity contribution < 1.29 is 18.3 Å². The van der Waals surface area contributed by atoms with Gasteiger partial charge in [0, 0.05) is 12.5 Å². The topological polar surface area (TPSA) is 72.7 Å². The summed E-state index contributed by atoms with van der Waals surface area (Å²) in [5.41, 5.74) is 1.07. The van der Waals surface area contributed by atoms with Crippen LogP contribution in [0, 0.1) is 11.2 Å². The monoisotopic (exact) mass is 400 g/mol. The van der Waals surface area contributed by atoms with E-state index in [1.807, 2.05) is 4.90 Å². The van der Waals surface area contributed by atoms with Gasteiger partial charge in [0.25, 0.3) is 0 Å². The molecule has 1 N–H and O–H groups in total. The van der Waals surface area contributed by atoms with E-state index in [-0.39, 0.29) is 23.6 Å². The largest absolute Gasteiger partial charge is 0.488 e. The predicted octanol–water partition coefficient (Wildman–Crippen LogP) is 3.38. The summed E-state index contributed by atoms with van der Waals surface area (Å²) in [5, 5.41) is 11.1. The van der Waals surface area contributed by atoms with Gasteiger partial charge in [-0.25, -0.2) is 4.39 Å². The Morgan fingerprint density at radius 3 is 2.79 bits per heavy atom. The number of ether oxygens (including phenoxy) is 2. The Kier molecular flexibility index (Phi) is 3.82. The van der Waals surface area contributed by atoms with E-state index in [1.165, 1.54) is 37.8 Å². The molecule has 0 bridgehead atoms. The fraction of sp³-hybridized carbons (Fsp3) is 0.619. The lowest BCUT2D eigenvalue weighted by Gasteiger charge is -2.53. The Morgan fingerprint density at radius 2 is 2.07 bits per heavy atom. The molecule has 2 aliphatic heterocycles. The molecule has 154 valence electrons. The van der Waals surface area contributed by atoms with Crippen molar-refractivity contribution in [3.05, 3.63) is 30.4 Å². The Labute approximate surface area is 168 Å². The molecule has 29 heavy (non-hydrogen) atoms. The summed E-state index contributed by atoms with van der Waals surface area (Å²) in [5.74, 6) is 0.483. The van der Waals surface area contributed by atoms with Crippen LogP contribution in [0.1, 0.15) is 38.5 Å². The molecule has 2 saturated carbocycles. The molecule has 4 fully saturated rings. The van der Waals surface area contributed by atoms with Crippen LogP contribution in [0.3, 0.4) is 0 Å². The van der Waals surface area contributed by atoms with Gasteiger partial charge in [-0.1, -0.05) is 11.5 Å². The number of hydrogen-bond acceptors (Lipinski definition) is 7. The number of halogens is 1. The summed E-state index contributed by atoms with van der Waals surface area (Å²) in [6, 6.07) is 5.39. The van der Waals surface area contributed by atoms with E-state index >= 15 is 0 Å². The first-order valence-electron chi connectivity index (χ1n) is 10.5. The SMILES string of the molecule is Fc1ccc(OC2CC3(CCC3)C2)c(N[C@H]2COC3(C2)CN(c2nnco2)C3)c1. The highest BCUT2D eigenvalue weighted by molar-refractivity contribution is 5.57. The maximum atomic E-state index is 13.9. The summed E-state index contributed by atoms with van der Waals surface area (Å²) in [6.07, 6.45) is 8.72. The molecule has 0 radical (unpaired) electrons. The highest BCUT2D eigenvalue weighted by Crippen LogP contribution is 2.57. The summed E-state index contributed by atoms with van der Waals surface area (Å²) in [4.78, 5) is 2.01. The Bertz CT molecular complexity index is 887. The second-order valence-electron chi connectivity index (χ2n) is 9.26. The van der Waals surface area contributed by atoms with Gasteiger partial charge < -0.3 is 24.1 Å². The molecule has 6 rings (SSSR count). The van der Waals surface area contributed by atoms with Crippen molar-refractivity contribution in [3.63, 3.8) is 0 Å². The third-order valence-electron chi connectivity index (χ3n) is 7.12. The van der Waals surface area contributed by atoms with E-state index in [0.29, 0.717) is 18.0 Å². The second kappa shape index (κ2) is 6.32. The zero-order chi connectivity index (χ0) is 19.5. The lowest BCUT2D eigenvalue weighted by Crippen LogP contribution is -2.62. The Morgan fingerprint density at radius 1 is 1.21 bits per heavy atom. The molecule has 1 atom stereocenters. The van der Waals surface area contributed by atoms with Crippen molar-refractivity contribution in [1.82, 2.24) is 10.2 Å². The van der Waals surface area contributed by atoms with E-state index in [9.17, 15) is 4.39 Å². The number of rotatable bonds is 5.